The van der Waals surface area contributed by atoms with E-state index in [-0.39, 0.29) is 0 Å². The van der Waals surface area contributed by atoms with Gasteiger partial charge in [0.05, 0.1) is 0 Å². The van der Waals surface area contributed by atoms with Crippen molar-refractivity contribution in [3.05, 3.63) is 0 Å². The van der Waals surface area contributed by atoms with Gasteiger partial charge in [-0.2, -0.15) is 0 Å². The standard InChI is InChI=1S/C18H27N7O/c1-2-8-24-11-5-6-13(14(24)7-1)12-19-17-18(25-9-3-4-10-25)21-16-15(20-17)22-26-23-16/h13-14H,1-12H2,(H,19,20,22)/t13-,14+/m0/s1. The number of rotatable bonds is 4. The van der Waals surface area contributed by atoms with Crippen LogP contribution in [-0.4, -0.2) is 63.9 Å². The second-order valence-electron chi connectivity index (χ2n) is 7.88. The highest BCUT2D eigenvalue weighted by Gasteiger charge is 2.33. The van der Waals surface area contributed by atoms with Crippen molar-refractivity contribution in [2.45, 2.75) is 51.0 Å². The summed E-state index contributed by atoms with van der Waals surface area (Å²) in [6.07, 6.45) is 9.08. The lowest BCUT2D eigenvalue weighted by atomic mass is 9.83. The lowest BCUT2D eigenvalue weighted by Crippen LogP contribution is -2.49. The largest absolute Gasteiger partial charge is 0.367 e. The van der Waals surface area contributed by atoms with Crippen LogP contribution in [0.2, 0.25) is 0 Å². The molecule has 0 aliphatic carbocycles. The van der Waals surface area contributed by atoms with Crippen molar-refractivity contribution in [1.82, 2.24) is 25.2 Å². The van der Waals surface area contributed by atoms with E-state index in [2.05, 4.69) is 35.4 Å². The number of aromatic nitrogens is 4. The summed E-state index contributed by atoms with van der Waals surface area (Å²) in [6.45, 7) is 5.56. The Morgan fingerprint density at radius 3 is 2.54 bits per heavy atom. The fraction of sp³-hybridized carbons (Fsp3) is 0.778. The molecule has 0 bridgehead atoms. The van der Waals surface area contributed by atoms with Gasteiger partial charge < -0.3 is 15.1 Å². The Kier molecular flexibility index (Phi) is 4.36. The molecule has 2 aromatic heterocycles. The molecular weight excluding hydrogens is 330 g/mol. The molecule has 2 atom stereocenters. The van der Waals surface area contributed by atoms with Gasteiger partial charge >= 0.3 is 0 Å². The van der Waals surface area contributed by atoms with E-state index in [9.17, 15) is 0 Å². The molecule has 3 aliphatic rings. The van der Waals surface area contributed by atoms with E-state index >= 15 is 0 Å². The first-order valence-electron chi connectivity index (χ1n) is 10.1. The molecule has 2 aromatic rings. The van der Waals surface area contributed by atoms with E-state index in [0.29, 0.717) is 17.2 Å². The Morgan fingerprint density at radius 1 is 0.885 bits per heavy atom. The van der Waals surface area contributed by atoms with Gasteiger partial charge in [0.25, 0.3) is 0 Å². The highest BCUT2D eigenvalue weighted by molar-refractivity contribution is 5.74. The topological polar surface area (TPSA) is 83.2 Å². The molecule has 0 radical (unpaired) electrons. The summed E-state index contributed by atoms with van der Waals surface area (Å²) in [7, 11) is 0. The van der Waals surface area contributed by atoms with Gasteiger partial charge in [-0.1, -0.05) is 6.42 Å². The second kappa shape index (κ2) is 6.98. The van der Waals surface area contributed by atoms with Crippen molar-refractivity contribution < 1.29 is 4.63 Å². The maximum atomic E-state index is 4.82. The van der Waals surface area contributed by atoms with Crippen LogP contribution in [0.1, 0.15) is 44.9 Å². The van der Waals surface area contributed by atoms with E-state index in [1.165, 1.54) is 58.0 Å². The van der Waals surface area contributed by atoms with Gasteiger partial charge in [-0.15, -0.1) is 0 Å². The first-order valence-corrected chi connectivity index (χ1v) is 10.1. The van der Waals surface area contributed by atoms with Crippen molar-refractivity contribution in [3.63, 3.8) is 0 Å². The monoisotopic (exact) mass is 357 g/mol. The molecule has 0 spiro atoms. The predicted molar refractivity (Wildman–Crippen MR) is 99.3 cm³/mol. The number of nitrogens with one attached hydrogen (secondary N) is 1. The zero-order valence-electron chi connectivity index (χ0n) is 15.2. The Morgan fingerprint density at radius 2 is 1.65 bits per heavy atom. The Bertz CT molecular complexity index is 755. The summed E-state index contributed by atoms with van der Waals surface area (Å²) in [5.74, 6) is 2.42. The van der Waals surface area contributed by atoms with Gasteiger partial charge in [0.1, 0.15) is 0 Å². The van der Waals surface area contributed by atoms with Gasteiger partial charge in [-0.3, -0.25) is 0 Å². The highest BCUT2D eigenvalue weighted by Crippen LogP contribution is 2.32. The van der Waals surface area contributed by atoms with Crippen LogP contribution in [0, 0.1) is 5.92 Å². The normalized spacial score (nSPS) is 27.0. The third-order valence-electron chi connectivity index (χ3n) is 6.26. The summed E-state index contributed by atoms with van der Waals surface area (Å²) in [4.78, 5) is 14.4. The average Bonchev–Trinajstić information content (AvgIpc) is 3.36. The predicted octanol–water partition coefficient (Wildman–Crippen LogP) is 2.29. The minimum Gasteiger partial charge on any atom is -0.367 e. The zero-order valence-corrected chi connectivity index (χ0v) is 15.2. The number of fused-ring (bicyclic) bond motifs is 2. The molecule has 8 nitrogen and oxygen atoms in total. The fourth-order valence-corrected chi connectivity index (χ4v) is 4.94. The van der Waals surface area contributed by atoms with Crippen LogP contribution in [0.25, 0.3) is 11.3 Å². The van der Waals surface area contributed by atoms with Gasteiger partial charge in [-0.25, -0.2) is 14.6 Å². The molecule has 26 heavy (non-hydrogen) atoms. The van der Waals surface area contributed by atoms with E-state index in [0.717, 1.165) is 37.3 Å². The molecule has 140 valence electrons. The van der Waals surface area contributed by atoms with Crippen LogP contribution < -0.4 is 10.2 Å². The molecule has 3 fully saturated rings. The number of nitrogens with zero attached hydrogens (tertiary/aromatic N) is 6. The number of piperidine rings is 2. The minimum atomic E-state index is 0.485. The molecule has 0 saturated carbocycles. The number of anilines is 2. The maximum Gasteiger partial charge on any atom is 0.245 e. The minimum absolute atomic E-state index is 0.485. The van der Waals surface area contributed by atoms with Crippen LogP contribution in [0.3, 0.4) is 0 Å². The molecule has 8 heteroatoms. The first-order chi connectivity index (χ1) is 12.9. The summed E-state index contributed by atoms with van der Waals surface area (Å²) in [6, 6.07) is 0.727. The summed E-state index contributed by atoms with van der Waals surface area (Å²) >= 11 is 0. The van der Waals surface area contributed by atoms with Gasteiger partial charge in [0, 0.05) is 25.7 Å². The maximum absolute atomic E-state index is 4.82. The van der Waals surface area contributed by atoms with Crippen molar-refractivity contribution >= 4 is 22.9 Å². The van der Waals surface area contributed by atoms with Gasteiger partial charge in [0.15, 0.2) is 11.6 Å². The Hall–Kier alpha value is -1.96. The molecule has 1 N–H and O–H groups in total. The summed E-state index contributed by atoms with van der Waals surface area (Å²) < 4.78 is 4.82. The van der Waals surface area contributed by atoms with Crippen LogP contribution >= 0.6 is 0 Å². The van der Waals surface area contributed by atoms with Gasteiger partial charge in [0.2, 0.25) is 11.3 Å². The molecule has 5 rings (SSSR count). The quantitative estimate of drug-likeness (QED) is 0.892. The zero-order chi connectivity index (χ0) is 17.3. The third-order valence-corrected chi connectivity index (χ3v) is 6.26. The molecular formula is C18H27N7O. The van der Waals surface area contributed by atoms with E-state index in [1.54, 1.807) is 0 Å². The van der Waals surface area contributed by atoms with Crippen LogP contribution in [0.4, 0.5) is 11.6 Å². The van der Waals surface area contributed by atoms with E-state index < -0.39 is 0 Å². The summed E-state index contributed by atoms with van der Waals surface area (Å²) in [5.41, 5.74) is 0.979. The number of hydrogen-bond acceptors (Lipinski definition) is 8. The molecule has 5 heterocycles. The Balaban J connectivity index is 1.37. The van der Waals surface area contributed by atoms with Gasteiger partial charge in [-0.05, 0) is 67.8 Å². The summed E-state index contributed by atoms with van der Waals surface area (Å²) in [5, 5.41) is 11.4. The molecule has 0 aromatic carbocycles. The SMILES string of the molecule is C1CCN2CCC[C@@H](CNc3nc4nonc4nc3N3CCCC3)[C@H]2C1. The van der Waals surface area contributed by atoms with Crippen molar-refractivity contribution in [2.75, 3.05) is 42.9 Å². The van der Waals surface area contributed by atoms with Crippen molar-refractivity contribution in [3.8, 4) is 0 Å². The number of hydrogen-bond donors (Lipinski definition) is 1. The van der Waals surface area contributed by atoms with Crippen molar-refractivity contribution in [1.29, 1.82) is 0 Å². The van der Waals surface area contributed by atoms with Crippen molar-refractivity contribution in [2.24, 2.45) is 5.92 Å². The lowest BCUT2D eigenvalue weighted by molar-refractivity contribution is 0.0649. The first kappa shape index (κ1) is 16.2. The Labute approximate surface area is 153 Å². The van der Waals surface area contributed by atoms with Crippen LogP contribution in [0.5, 0.6) is 0 Å². The average molecular weight is 357 g/mol. The van der Waals surface area contributed by atoms with Crippen LogP contribution in [0.15, 0.2) is 4.63 Å². The molecule has 0 amide bonds. The smallest absolute Gasteiger partial charge is 0.245 e. The highest BCUT2D eigenvalue weighted by atomic mass is 16.6. The van der Waals surface area contributed by atoms with E-state index in [1.807, 2.05) is 0 Å². The molecule has 3 saturated heterocycles. The van der Waals surface area contributed by atoms with E-state index in [4.69, 9.17) is 4.63 Å². The third kappa shape index (κ3) is 3.00. The van der Waals surface area contributed by atoms with Crippen LogP contribution in [-0.2, 0) is 0 Å². The second-order valence-corrected chi connectivity index (χ2v) is 7.88. The molecule has 0 unspecified atom stereocenters. The fourth-order valence-electron chi connectivity index (χ4n) is 4.94. The molecule has 3 aliphatic heterocycles. The lowest BCUT2D eigenvalue weighted by Gasteiger charge is -2.44.